The Bertz CT molecular complexity index is 1650. The molecule has 5 rings (SSSR count). The third-order valence-corrected chi connectivity index (χ3v) is 8.19. The molecule has 0 unspecified atom stereocenters. The fraction of sp³-hybridized carbons (Fsp3) is 0.440. The van der Waals surface area contributed by atoms with Crippen LogP contribution in [0.25, 0.3) is 11.5 Å². The Hall–Kier alpha value is -3.96. The number of methoxy groups -OCH3 is 1. The number of nitrogens with zero attached hydrogens (tertiary/aromatic N) is 6. The molecule has 2 aromatic heterocycles. The zero-order chi connectivity index (χ0) is 31.6. The van der Waals surface area contributed by atoms with E-state index in [1.54, 1.807) is 18.2 Å². The number of piperazine rings is 1. The van der Waals surface area contributed by atoms with E-state index in [1.165, 1.54) is 23.7 Å². The number of aromatic nitrogens is 4. The fourth-order valence-electron chi connectivity index (χ4n) is 4.56. The van der Waals surface area contributed by atoms with Crippen molar-refractivity contribution in [3.05, 3.63) is 35.8 Å². The first-order valence-electron chi connectivity index (χ1n) is 13.6. The predicted molar refractivity (Wildman–Crippen MR) is 162 cm³/mol. The Morgan fingerprint density at radius 1 is 1.11 bits per heavy atom. The summed E-state index contributed by atoms with van der Waals surface area (Å²) in [6, 6.07) is 6.55. The maximum atomic E-state index is 12.9. The molecule has 0 spiro atoms. The molecule has 15 nitrogen and oxygen atoms in total. The highest BCUT2D eigenvalue weighted by molar-refractivity contribution is 7.88. The van der Waals surface area contributed by atoms with Crippen LogP contribution in [-0.2, 0) is 21.4 Å². The number of amides is 2. The van der Waals surface area contributed by atoms with Gasteiger partial charge >= 0.3 is 0 Å². The molecule has 1 aliphatic heterocycles. The van der Waals surface area contributed by atoms with E-state index in [2.05, 4.69) is 36.3 Å². The maximum Gasteiger partial charge on any atom is 0.272 e. The molecule has 3 heterocycles. The van der Waals surface area contributed by atoms with Crippen molar-refractivity contribution in [2.45, 2.75) is 24.6 Å². The van der Waals surface area contributed by atoms with E-state index in [1.807, 2.05) is 4.90 Å². The van der Waals surface area contributed by atoms with Crippen LogP contribution >= 0.6 is 0 Å². The third kappa shape index (κ3) is 7.76. The lowest BCUT2D eigenvalue weighted by Gasteiger charge is -2.32. The number of hydrogen-bond acceptors (Lipinski definition) is 12. The van der Waals surface area contributed by atoms with Gasteiger partial charge in [0.1, 0.15) is 0 Å². The second kappa shape index (κ2) is 12.6. The molecular formula is C25H28B3N9O6S. The monoisotopic (exact) mass is 615 g/mol. The molecule has 224 valence electrons. The molecule has 3 N–H and O–H groups in total. The minimum Gasteiger partial charge on any atom is -0.494 e. The summed E-state index contributed by atoms with van der Waals surface area (Å²) < 4.78 is 36.3. The Kier molecular flexibility index (Phi) is 8.99. The summed E-state index contributed by atoms with van der Waals surface area (Å²) in [7, 11) is 14.9. The van der Waals surface area contributed by atoms with Gasteiger partial charge in [-0.1, -0.05) is 16.5 Å². The largest absolute Gasteiger partial charge is 0.494 e. The second-order valence-electron chi connectivity index (χ2n) is 10.6. The Morgan fingerprint density at radius 3 is 2.48 bits per heavy atom. The van der Waals surface area contributed by atoms with Crippen LogP contribution in [0.15, 0.2) is 28.8 Å². The van der Waals surface area contributed by atoms with E-state index in [4.69, 9.17) is 32.8 Å². The number of carbonyl (C=O) groups is 2. The Labute approximate surface area is 258 Å². The molecule has 2 fully saturated rings. The summed E-state index contributed by atoms with van der Waals surface area (Å²) in [5, 5.41) is 18.0. The number of anilines is 3. The van der Waals surface area contributed by atoms with Crippen molar-refractivity contribution >= 4 is 62.6 Å². The molecule has 2 aliphatic rings. The molecular weight excluding hydrogens is 587 g/mol. The summed E-state index contributed by atoms with van der Waals surface area (Å²) in [4.78, 5) is 31.8. The average Bonchev–Trinajstić information content (AvgIpc) is 3.71. The SMILES string of the molecule is [B]C([B])([B])NC(=O)c1nnc(NC(=O)C2CC2)cc1Nc1cccc(-c2nc(CN3CCN(S(C)(=O)=O)CC3)no2)c1OC. The zero-order valence-electron chi connectivity index (χ0n) is 24.1. The first kappa shape index (κ1) is 31.5. The van der Waals surface area contributed by atoms with Gasteiger partial charge in [-0.05, 0) is 25.0 Å². The Balaban J connectivity index is 1.38. The summed E-state index contributed by atoms with van der Waals surface area (Å²) in [6.45, 7) is 2.17. The van der Waals surface area contributed by atoms with E-state index in [-0.39, 0.29) is 34.9 Å². The highest BCUT2D eigenvalue weighted by Gasteiger charge is 2.31. The van der Waals surface area contributed by atoms with E-state index in [0.717, 1.165) is 12.8 Å². The van der Waals surface area contributed by atoms with Crippen LogP contribution in [0.5, 0.6) is 5.75 Å². The summed E-state index contributed by atoms with van der Waals surface area (Å²) in [5.41, 5.74) is 0.785. The van der Waals surface area contributed by atoms with Crippen molar-refractivity contribution in [1.29, 1.82) is 0 Å². The third-order valence-electron chi connectivity index (χ3n) is 6.89. The van der Waals surface area contributed by atoms with Gasteiger partial charge in [-0.25, -0.2) is 8.42 Å². The highest BCUT2D eigenvalue weighted by Crippen LogP contribution is 2.38. The van der Waals surface area contributed by atoms with Gasteiger partial charge in [0.2, 0.25) is 15.9 Å². The Morgan fingerprint density at radius 2 is 1.84 bits per heavy atom. The second-order valence-corrected chi connectivity index (χ2v) is 12.6. The molecule has 1 aliphatic carbocycles. The van der Waals surface area contributed by atoms with Gasteiger partial charge in [0, 0.05) is 38.2 Å². The highest BCUT2D eigenvalue weighted by atomic mass is 32.2. The molecule has 0 bridgehead atoms. The summed E-state index contributed by atoms with van der Waals surface area (Å²) in [5.74, 6) is -0.0840. The van der Waals surface area contributed by atoms with Gasteiger partial charge in [0.25, 0.3) is 11.8 Å². The van der Waals surface area contributed by atoms with Gasteiger partial charge in [0.05, 0.1) is 60.4 Å². The number of benzene rings is 1. The number of ether oxygens (including phenoxy) is 1. The van der Waals surface area contributed by atoms with Gasteiger partial charge in [-0.15, -0.1) is 10.2 Å². The average molecular weight is 615 g/mol. The number of carbonyl (C=O) groups excluding carboxylic acids is 2. The minimum atomic E-state index is -3.24. The summed E-state index contributed by atoms with van der Waals surface area (Å²) >= 11 is 0. The smallest absolute Gasteiger partial charge is 0.272 e. The molecule has 1 aromatic carbocycles. The van der Waals surface area contributed by atoms with E-state index in [9.17, 15) is 18.0 Å². The van der Waals surface area contributed by atoms with Crippen LogP contribution in [0.3, 0.4) is 0 Å². The van der Waals surface area contributed by atoms with E-state index >= 15 is 0 Å². The zero-order valence-corrected chi connectivity index (χ0v) is 24.9. The summed E-state index contributed by atoms with van der Waals surface area (Å²) in [6.07, 6.45) is 2.77. The first-order valence-corrected chi connectivity index (χ1v) is 15.5. The first-order chi connectivity index (χ1) is 20.8. The van der Waals surface area contributed by atoms with Gasteiger partial charge < -0.3 is 25.2 Å². The minimum absolute atomic E-state index is 0.0864. The van der Waals surface area contributed by atoms with Crippen molar-refractivity contribution in [2.75, 3.05) is 50.2 Å². The normalized spacial score (nSPS) is 16.3. The molecule has 1 saturated carbocycles. The standard InChI is InChI=1S/C25H28B3N9O6S/c1-42-21-15(24-31-19(35-43-24)13-36-8-10-37(11-9-36)44(2,40)41)4-3-5-16(21)29-17-12-18(30-22(38)14-6-7-14)33-34-20(17)23(39)32-25(26,27)28/h3-5,12,14H,6-11,13H2,1-2H3,(H,32,39)(H2,29,30,33,38). The van der Waals surface area contributed by atoms with Gasteiger partial charge in [-0.3, -0.25) is 14.5 Å². The number of hydrogen-bond donors (Lipinski definition) is 3. The van der Waals surface area contributed by atoms with Gasteiger partial charge in [-0.2, -0.15) is 9.29 Å². The predicted octanol–water partition coefficient (Wildman–Crippen LogP) is -0.449. The number of para-hydroxylation sites is 1. The molecule has 2 amide bonds. The number of nitrogens with one attached hydrogen (secondary N) is 3. The maximum absolute atomic E-state index is 12.9. The lowest BCUT2D eigenvalue weighted by Crippen LogP contribution is -2.50. The number of sulfonamides is 1. The van der Waals surface area contributed by atoms with Crippen LogP contribution in [0.2, 0.25) is 0 Å². The number of rotatable bonds is 11. The lowest BCUT2D eigenvalue weighted by molar-refractivity contribution is -0.117. The van der Waals surface area contributed by atoms with Crippen molar-refractivity contribution in [1.82, 2.24) is 34.9 Å². The van der Waals surface area contributed by atoms with Crippen molar-refractivity contribution in [2.24, 2.45) is 5.92 Å². The topological polar surface area (TPSA) is 185 Å². The molecule has 19 heteroatoms. The molecule has 3 aromatic rings. The van der Waals surface area contributed by atoms with E-state index in [0.29, 0.717) is 55.5 Å². The molecule has 1 saturated heterocycles. The van der Waals surface area contributed by atoms with Crippen LogP contribution in [0.1, 0.15) is 29.2 Å². The van der Waals surface area contributed by atoms with Crippen LogP contribution in [-0.4, -0.2) is 118 Å². The van der Waals surface area contributed by atoms with Crippen LogP contribution in [0.4, 0.5) is 17.2 Å². The van der Waals surface area contributed by atoms with Crippen molar-refractivity contribution < 1.29 is 27.3 Å². The van der Waals surface area contributed by atoms with E-state index < -0.39 is 21.2 Å². The molecule has 0 atom stereocenters. The molecule has 6 radical (unpaired) electrons. The van der Waals surface area contributed by atoms with Gasteiger partial charge in [0.15, 0.2) is 23.1 Å². The lowest BCUT2D eigenvalue weighted by atomic mass is 9.49. The molecule has 44 heavy (non-hydrogen) atoms. The van der Waals surface area contributed by atoms with Crippen LogP contribution in [0, 0.1) is 5.92 Å². The fourth-order valence-corrected chi connectivity index (χ4v) is 5.39. The quantitative estimate of drug-likeness (QED) is 0.237. The van der Waals surface area contributed by atoms with Crippen molar-refractivity contribution in [3.8, 4) is 17.2 Å². The van der Waals surface area contributed by atoms with Crippen LogP contribution < -0.4 is 20.7 Å². The van der Waals surface area contributed by atoms with Crippen molar-refractivity contribution in [3.63, 3.8) is 0 Å².